The van der Waals surface area contributed by atoms with Crippen LogP contribution in [0.3, 0.4) is 0 Å². The molecule has 0 aliphatic rings. The van der Waals surface area contributed by atoms with Crippen LogP contribution in [0.1, 0.15) is 90.9 Å². The first kappa shape index (κ1) is 24.5. The fourth-order valence-electron chi connectivity index (χ4n) is 2.65. The second-order valence-corrected chi connectivity index (χ2v) is 6.81. The molecular weight excluding hydrogens is 330 g/mol. The Labute approximate surface area is 159 Å². The number of ether oxygens (including phenoxy) is 2. The third-order valence-electron chi connectivity index (χ3n) is 4.26. The number of rotatable bonds is 17. The van der Waals surface area contributed by atoms with Crippen molar-refractivity contribution in [3.05, 3.63) is 12.7 Å². The van der Waals surface area contributed by atoms with E-state index in [-0.39, 0.29) is 6.61 Å². The molecule has 0 saturated heterocycles. The summed E-state index contributed by atoms with van der Waals surface area (Å²) in [7, 11) is 0. The quantitative estimate of drug-likeness (QED) is 0.208. The summed E-state index contributed by atoms with van der Waals surface area (Å²) in [6, 6.07) is -0.704. The molecular formula is C21H39NO4. The smallest absolute Gasteiger partial charge is 0.408 e. The van der Waals surface area contributed by atoms with E-state index in [2.05, 4.69) is 18.8 Å². The number of unbranched alkanes of at least 4 members (excludes halogenated alkanes) is 11. The molecule has 0 aromatic carbocycles. The van der Waals surface area contributed by atoms with Crippen molar-refractivity contribution in [1.29, 1.82) is 0 Å². The highest BCUT2D eigenvalue weighted by Crippen LogP contribution is 2.11. The predicted octanol–water partition coefficient (Wildman–Crippen LogP) is 5.53. The number of amides is 1. The van der Waals surface area contributed by atoms with Gasteiger partial charge >= 0.3 is 12.1 Å². The molecule has 26 heavy (non-hydrogen) atoms. The average molecular weight is 370 g/mol. The molecule has 5 heteroatoms. The van der Waals surface area contributed by atoms with Crippen LogP contribution in [0.15, 0.2) is 12.7 Å². The third kappa shape index (κ3) is 16.0. The average Bonchev–Trinajstić information content (AvgIpc) is 2.63. The van der Waals surface area contributed by atoms with E-state index in [4.69, 9.17) is 9.47 Å². The van der Waals surface area contributed by atoms with Crippen LogP contribution >= 0.6 is 0 Å². The maximum Gasteiger partial charge on any atom is 0.408 e. The minimum Gasteiger partial charge on any atom is -0.464 e. The van der Waals surface area contributed by atoms with Crippen molar-refractivity contribution in [3.63, 3.8) is 0 Å². The highest BCUT2D eigenvalue weighted by Gasteiger charge is 2.17. The van der Waals surface area contributed by atoms with E-state index < -0.39 is 18.1 Å². The molecule has 1 amide bonds. The SMILES string of the molecule is C=CCOC(=O)N[C@@H](C)C(=O)OCCCCCCCCCCCCCC. The van der Waals surface area contributed by atoms with Crippen LogP contribution in [0, 0.1) is 0 Å². The Balaban J connectivity index is 3.39. The first-order valence-electron chi connectivity index (χ1n) is 10.3. The molecule has 0 unspecified atom stereocenters. The second kappa shape index (κ2) is 18.3. The molecule has 5 nitrogen and oxygen atoms in total. The molecule has 0 aromatic heterocycles. The van der Waals surface area contributed by atoms with E-state index in [1.807, 2.05) is 0 Å². The highest BCUT2D eigenvalue weighted by atomic mass is 16.6. The summed E-state index contributed by atoms with van der Waals surface area (Å²) in [4.78, 5) is 23.1. The number of esters is 1. The van der Waals surface area contributed by atoms with Crippen LogP contribution in [0.2, 0.25) is 0 Å². The van der Waals surface area contributed by atoms with Gasteiger partial charge in [-0.2, -0.15) is 0 Å². The molecule has 1 N–H and O–H groups in total. The Morgan fingerprint density at radius 1 is 0.885 bits per heavy atom. The monoisotopic (exact) mass is 369 g/mol. The van der Waals surface area contributed by atoms with Crippen LogP contribution in [-0.2, 0) is 14.3 Å². The van der Waals surface area contributed by atoms with Crippen molar-refractivity contribution in [2.75, 3.05) is 13.2 Å². The lowest BCUT2D eigenvalue weighted by molar-refractivity contribution is -0.145. The molecule has 0 aliphatic heterocycles. The fraction of sp³-hybridized carbons (Fsp3) is 0.810. The Morgan fingerprint density at radius 2 is 1.38 bits per heavy atom. The van der Waals surface area contributed by atoms with Gasteiger partial charge in [0.2, 0.25) is 0 Å². The van der Waals surface area contributed by atoms with Gasteiger partial charge in [0, 0.05) is 0 Å². The fourth-order valence-corrected chi connectivity index (χ4v) is 2.65. The van der Waals surface area contributed by atoms with Crippen LogP contribution in [0.25, 0.3) is 0 Å². The third-order valence-corrected chi connectivity index (χ3v) is 4.26. The normalized spacial score (nSPS) is 11.6. The van der Waals surface area contributed by atoms with E-state index in [0.29, 0.717) is 6.61 Å². The number of nitrogens with one attached hydrogen (secondary N) is 1. The van der Waals surface area contributed by atoms with Gasteiger partial charge in [-0.25, -0.2) is 9.59 Å². The van der Waals surface area contributed by atoms with Crippen molar-refractivity contribution in [3.8, 4) is 0 Å². The summed E-state index contributed by atoms with van der Waals surface area (Å²) < 4.78 is 9.93. The van der Waals surface area contributed by atoms with E-state index in [1.165, 1.54) is 70.3 Å². The van der Waals surface area contributed by atoms with E-state index in [0.717, 1.165) is 12.8 Å². The zero-order valence-corrected chi connectivity index (χ0v) is 16.9. The maximum atomic E-state index is 11.7. The number of alkyl carbamates (subject to hydrolysis) is 1. The number of hydrogen-bond acceptors (Lipinski definition) is 4. The van der Waals surface area contributed by atoms with Gasteiger partial charge in [-0.15, -0.1) is 0 Å². The van der Waals surface area contributed by atoms with Gasteiger partial charge < -0.3 is 14.8 Å². The van der Waals surface area contributed by atoms with Crippen LogP contribution in [0.5, 0.6) is 0 Å². The van der Waals surface area contributed by atoms with Crippen molar-refractivity contribution in [1.82, 2.24) is 5.32 Å². The van der Waals surface area contributed by atoms with Crippen molar-refractivity contribution in [2.24, 2.45) is 0 Å². The van der Waals surface area contributed by atoms with Gasteiger partial charge in [-0.1, -0.05) is 90.2 Å². The molecule has 0 aromatic rings. The predicted molar refractivity (Wildman–Crippen MR) is 106 cm³/mol. The van der Waals surface area contributed by atoms with Gasteiger partial charge in [0.25, 0.3) is 0 Å². The van der Waals surface area contributed by atoms with Gasteiger partial charge in [-0.3, -0.25) is 0 Å². The van der Waals surface area contributed by atoms with E-state index in [1.54, 1.807) is 6.92 Å². The van der Waals surface area contributed by atoms with Crippen LogP contribution in [-0.4, -0.2) is 31.3 Å². The maximum absolute atomic E-state index is 11.7. The summed E-state index contributed by atoms with van der Waals surface area (Å²) in [5, 5.41) is 2.43. The van der Waals surface area contributed by atoms with E-state index >= 15 is 0 Å². The lowest BCUT2D eigenvalue weighted by Crippen LogP contribution is -2.40. The second-order valence-electron chi connectivity index (χ2n) is 6.81. The van der Waals surface area contributed by atoms with Crippen LogP contribution in [0.4, 0.5) is 4.79 Å². The molecule has 0 bridgehead atoms. The molecule has 0 spiro atoms. The Bertz CT molecular complexity index is 371. The molecule has 0 heterocycles. The van der Waals surface area contributed by atoms with Gasteiger partial charge in [0.05, 0.1) is 6.61 Å². The van der Waals surface area contributed by atoms with Gasteiger partial charge in [0.15, 0.2) is 0 Å². The van der Waals surface area contributed by atoms with Crippen molar-refractivity contribution in [2.45, 2.75) is 96.9 Å². The molecule has 0 radical (unpaired) electrons. The lowest BCUT2D eigenvalue weighted by Gasteiger charge is -2.13. The number of carbonyl (C=O) groups is 2. The Morgan fingerprint density at radius 3 is 1.88 bits per heavy atom. The molecule has 0 fully saturated rings. The summed E-state index contributed by atoms with van der Waals surface area (Å²) in [5.41, 5.74) is 0. The molecule has 1 atom stereocenters. The zero-order valence-electron chi connectivity index (χ0n) is 16.9. The minimum atomic E-state index is -0.704. The molecule has 0 aliphatic carbocycles. The summed E-state index contributed by atoms with van der Waals surface area (Å²) >= 11 is 0. The summed E-state index contributed by atoms with van der Waals surface area (Å²) in [6.07, 6.45) is 16.1. The lowest BCUT2D eigenvalue weighted by atomic mass is 10.1. The van der Waals surface area contributed by atoms with Gasteiger partial charge in [-0.05, 0) is 13.3 Å². The van der Waals surface area contributed by atoms with E-state index in [9.17, 15) is 9.59 Å². The Kier molecular flexibility index (Phi) is 17.2. The zero-order chi connectivity index (χ0) is 19.5. The van der Waals surface area contributed by atoms with Gasteiger partial charge in [0.1, 0.15) is 12.6 Å². The topological polar surface area (TPSA) is 64.6 Å². The number of hydrogen-bond donors (Lipinski definition) is 1. The first-order valence-corrected chi connectivity index (χ1v) is 10.3. The van der Waals surface area contributed by atoms with Crippen LogP contribution < -0.4 is 5.32 Å². The largest absolute Gasteiger partial charge is 0.464 e. The molecule has 0 rings (SSSR count). The number of carbonyl (C=O) groups excluding carboxylic acids is 2. The minimum absolute atomic E-state index is 0.118. The summed E-state index contributed by atoms with van der Waals surface area (Å²) in [6.45, 7) is 7.81. The summed E-state index contributed by atoms with van der Waals surface area (Å²) in [5.74, 6) is -0.427. The molecule has 152 valence electrons. The molecule has 0 saturated carbocycles. The first-order chi connectivity index (χ1) is 12.6. The van der Waals surface area contributed by atoms with Crippen molar-refractivity contribution >= 4 is 12.1 Å². The Hall–Kier alpha value is -1.52. The standard InChI is InChI=1S/C21H39NO4/c1-4-6-7-8-9-10-11-12-13-14-15-16-18-25-20(23)19(3)22-21(24)26-17-5-2/h5,19H,2,4,6-18H2,1,3H3,(H,22,24)/t19-/m0/s1. The van der Waals surface area contributed by atoms with Crippen molar-refractivity contribution < 1.29 is 19.1 Å². The highest BCUT2D eigenvalue weighted by molar-refractivity contribution is 5.80.